The Kier molecular flexibility index (Phi) is 4.19. The van der Waals surface area contributed by atoms with Crippen molar-refractivity contribution < 1.29 is 9.47 Å². The molecule has 0 bridgehead atoms. The molecule has 0 amide bonds. The fourth-order valence-electron chi connectivity index (χ4n) is 2.30. The van der Waals surface area contributed by atoms with Crippen LogP contribution in [0.15, 0.2) is 54.6 Å². The van der Waals surface area contributed by atoms with E-state index >= 15 is 0 Å². The van der Waals surface area contributed by atoms with E-state index < -0.39 is 0 Å². The molecule has 0 aliphatic carbocycles. The van der Waals surface area contributed by atoms with Crippen LogP contribution in [0.1, 0.15) is 12.0 Å². The number of hydrogen-bond acceptors (Lipinski definition) is 3. The maximum absolute atomic E-state index is 5.92. The van der Waals surface area contributed by atoms with E-state index in [1.54, 1.807) is 0 Å². The van der Waals surface area contributed by atoms with Crippen LogP contribution in [-0.4, -0.2) is 19.3 Å². The standard InChI is InChI=1S/C17H19NO2/c1-2-6-14(7-3-1)12-18-11-10-15-13-19-16-8-4-5-9-17(16)20-15/h1-9,15,18H,10-13H2/t15-/m1/s1. The molecule has 20 heavy (non-hydrogen) atoms. The van der Waals surface area contributed by atoms with E-state index in [2.05, 4.69) is 29.6 Å². The number of rotatable bonds is 5. The number of fused-ring (bicyclic) bond motifs is 1. The molecule has 3 rings (SSSR count). The second-order valence-electron chi connectivity index (χ2n) is 4.95. The highest BCUT2D eigenvalue weighted by atomic mass is 16.6. The Morgan fingerprint density at radius 3 is 2.55 bits per heavy atom. The molecule has 2 aromatic carbocycles. The van der Waals surface area contributed by atoms with Gasteiger partial charge in [0.15, 0.2) is 11.5 Å². The van der Waals surface area contributed by atoms with Crippen molar-refractivity contribution in [3.63, 3.8) is 0 Å². The van der Waals surface area contributed by atoms with Gasteiger partial charge in [0, 0.05) is 13.0 Å². The normalized spacial score (nSPS) is 16.9. The quantitative estimate of drug-likeness (QED) is 0.846. The van der Waals surface area contributed by atoms with E-state index in [9.17, 15) is 0 Å². The third-order valence-electron chi connectivity index (χ3n) is 3.38. The lowest BCUT2D eigenvalue weighted by atomic mass is 10.2. The predicted octanol–water partition coefficient (Wildman–Crippen LogP) is 3.01. The molecule has 0 saturated carbocycles. The molecule has 0 radical (unpaired) electrons. The number of nitrogens with one attached hydrogen (secondary N) is 1. The van der Waals surface area contributed by atoms with E-state index in [0.717, 1.165) is 31.0 Å². The van der Waals surface area contributed by atoms with E-state index in [4.69, 9.17) is 9.47 Å². The first kappa shape index (κ1) is 13.0. The fourth-order valence-corrected chi connectivity index (χ4v) is 2.30. The average molecular weight is 269 g/mol. The van der Waals surface area contributed by atoms with Crippen molar-refractivity contribution >= 4 is 0 Å². The van der Waals surface area contributed by atoms with Gasteiger partial charge < -0.3 is 14.8 Å². The van der Waals surface area contributed by atoms with Gasteiger partial charge in [0.05, 0.1) is 0 Å². The summed E-state index contributed by atoms with van der Waals surface area (Å²) in [5.74, 6) is 1.70. The smallest absolute Gasteiger partial charge is 0.161 e. The zero-order chi connectivity index (χ0) is 13.6. The minimum atomic E-state index is 0.133. The van der Waals surface area contributed by atoms with Gasteiger partial charge in [-0.1, -0.05) is 42.5 Å². The molecule has 0 aromatic heterocycles. The second kappa shape index (κ2) is 6.44. The number of ether oxygens (including phenoxy) is 2. The molecule has 104 valence electrons. The Balaban J connectivity index is 1.42. The largest absolute Gasteiger partial charge is 0.486 e. The molecule has 1 atom stereocenters. The topological polar surface area (TPSA) is 30.5 Å². The van der Waals surface area contributed by atoms with Gasteiger partial charge in [0.2, 0.25) is 0 Å². The van der Waals surface area contributed by atoms with Crippen LogP contribution in [0.2, 0.25) is 0 Å². The van der Waals surface area contributed by atoms with Crippen molar-refractivity contribution in [2.45, 2.75) is 19.1 Å². The van der Waals surface area contributed by atoms with Crippen molar-refractivity contribution in [1.82, 2.24) is 5.32 Å². The Bertz CT molecular complexity index is 542. The second-order valence-corrected chi connectivity index (χ2v) is 4.95. The van der Waals surface area contributed by atoms with Crippen molar-refractivity contribution in [2.75, 3.05) is 13.2 Å². The first-order valence-corrected chi connectivity index (χ1v) is 7.05. The summed E-state index contributed by atoms with van der Waals surface area (Å²) in [6.07, 6.45) is 1.08. The van der Waals surface area contributed by atoms with Crippen LogP contribution in [0.5, 0.6) is 11.5 Å². The average Bonchev–Trinajstić information content (AvgIpc) is 2.52. The summed E-state index contributed by atoms with van der Waals surface area (Å²) in [7, 11) is 0. The fraction of sp³-hybridized carbons (Fsp3) is 0.294. The minimum Gasteiger partial charge on any atom is -0.486 e. The maximum Gasteiger partial charge on any atom is 0.161 e. The molecule has 3 nitrogen and oxygen atoms in total. The third kappa shape index (κ3) is 3.31. The zero-order valence-corrected chi connectivity index (χ0v) is 11.4. The summed E-state index contributed by atoms with van der Waals surface area (Å²) in [5.41, 5.74) is 1.30. The van der Waals surface area contributed by atoms with Crippen LogP contribution in [-0.2, 0) is 6.54 Å². The van der Waals surface area contributed by atoms with Gasteiger partial charge in [-0.15, -0.1) is 0 Å². The van der Waals surface area contributed by atoms with Crippen LogP contribution in [0.4, 0.5) is 0 Å². The van der Waals surface area contributed by atoms with Crippen molar-refractivity contribution in [3.05, 3.63) is 60.2 Å². The molecule has 2 aromatic rings. The van der Waals surface area contributed by atoms with Gasteiger partial charge in [-0.05, 0) is 24.2 Å². The Morgan fingerprint density at radius 1 is 0.950 bits per heavy atom. The van der Waals surface area contributed by atoms with E-state index in [-0.39, 0.29) is 6.10 Å². The molecule has 1 aliphatic rings. The van der Waals surface area contributed by atoms with Gasteiger partial charge in [-0.25, -0.2) is 0 Å². The van der Waals surface area contributed by atoms with Gasteiger partial charge in [-0.2, -0.15) is 0 Å². The molecular formula is C17H19NO2. The third-order valence-corrected chi connectivity index (χ3v) is 3.38. The first-order chi connectivity index (χ1) is 9.92. The highest BCUT2D eigenvalue weighted by Gasteiger charge is 2.19. The zero-order valence-electron chi connectivity index (χ0n) is 11.4. The van der Waals surface area contributed by atoms with Crippen molar-refractivity contribution in [1.29, 1.82) is 0 Å². The predicted molar refractivity (Wildman–Crippen MR) is 79.1 cm³/mol. The summed E-state index contributed by atoms with van der Waals surface area (Å²) in [6, 6.07) is 18.2. The van der Waals surface area contributed by atoms with Crippen LogP contribution in [0, 0.1) is 0 Å². The lowest BCUT2D eigenvalue weighted by Gasteiger charge is -2.26. The Hall–Kier alpha value is -2.00. The lowest BCUT2D eigenvalue weighted by molar-refractivity contribution is 0.0849. The number of benzene rings is 2. The lowest BCUT2D eigenvalue weighted by Crippen LogP contribution is -2.32. The first-order valence-electron chi connectivity index (χ1n) is 7.05. The highest BCUT2D eigenvalue weighted by Crippen LogP contribution is 2.31. The Labute approximate surface area is 119 Å². The van der Waals surface area contributed by atoms with Crippen LogP contribution in [0.25, 0.3) is 0 Å². The SMILES string of the molecule is c1ccc(CNCC[C@@H]2COc3ccccc3O2)cc1. The molecule has 1 N–H and O–H groups in total. The van der Waals surface area contributed by atoms with Crippen LogP contribution in [0.3, 0.4) is 0 Å². The molecule has 1 heterocycles. The monoisotopic (exact) mass is 269 g/mol. The van der Waals surface area contributed by atoms with Crippen LogP contribution >= 0.6 is 0 Å². The number of hydrogen-bond donors (Lipinski definition) is 1. The molecule has 0 saturated heterocycles. The summed E-state index contributed by atoms with van der Waals surface area (Å²) in [6.45, 7) is 2.44. The molecule has 0 unspecified atom stereocenters. The molecule has 0 spiro atoms. The summed E-state index contributed by atoms with van der Waals surface area (Å²) in [5, 5.41) is 3.44. The van der Waals surface area contributed by atoms with E-state index in [1.807, 2.05) is 30.3 Å². The van der Waals surface area contributed by atoms with Crippen LogP contribution < -0.4 is 14.8 Å². The minimum absolute atomic E-state index is 0.133. The van der Waals surface area contributed by atoms with Crippen molar-refractivity contribution in [2.24, 2.45) is 0 Å². The van der Waals surface area contributed by atoms with Gasteiger partial charge in [-0.3, -0.25) is 0 Å². The molecule has 3 heteroatoms. The summed E-state index contributed by atoms with van der Waals surface area (Å²) < 4.78 is 11.6. The van der Waals surface area contributed by atoms with Crippen molar-refractivity contribution in [3.8, 4) is 11.5 Å². The Morgan fingerprint density at radius 2 is 1.70 bits per heavy atom. The number of para-hydroxylation sites is 2. The molecule has 1 aliphatic heterocycles. The molecular weight excluding hydrogens is 250 g/mol. The molecule has 0 fully saturated rings. The van der Waals surface area contributed by atoms with Gasteiger partial charge in [0.1, 0.15) is 12.7 Å². The summed E-state index contributed by atoms with van der Waals surface area (Å²) >= 11 is 0. The maximum atomic E-state index is 5.92. The highest BCUT2D eigenvalue weighted by molar-refractivity contribution is 5.40. The van der Waals surface area contributed by atoms with E-state index in [0.29, 0.717) is 6.61 Å². The van der Waals surface area contributed by atoms with Gasteiger partial charge >= 0.3 is 0 Å². The van der Waals surface area contributed by atoms with E-state index in [1.165, 1.54) is 5.56 Å². The van der Waals surface area contributed by atoms with Gasteiger partial charge in [0.25, 0.3) is 0 Å². The summed E-state index contributed by atoms with van der Waals surface area (Å²) in [4.78, 5) is 0.